The van der Waals surface area contributed by atoms with Crippen molar-refractivity contribution >= 4 is 23.4 Å². The van der Waals surface area contributed by atoms with Crippen molar-refractivity contribution < 1.29 is 23.9 Å². The molecule has 1 aromatic heterocycles. The summed E-state index contributed by atoms with van der Waals surface area (Å²) in [5.74, 6) is 2.76. The molecule has 3 aromatic rings. The molecule has 1 saturated carbocycles. The van der Waals surface area contributed by atoms with Crippen LogP contribution in [0.2, 0.25) is 0 Å². The zero-order chi connectivity index (χ0) is 36.4. The average molecular weight is 695 g/mol. The molecule has 1 atom stereocenters. The van der Waals surface area contributed by atoms with Gasteiger partial charge in [0.05, 0.1) is 20.1 Å². The van der Waals surface area contributed by atoms with Crippen molar-refractivity contribution in [1.29, 1.82) is 0 Å². The molecule has 0 spiro atoms. The number of methoxy groups -OCH3 is 1. The molecule has 2 aliphatic carbocycles. The highest BCUT2D eigenvalue weighted by molar-refractivity contribution is 5.87. The molecule has 1 N–H and O–H groups in total. The largest absolute Gasteiger partial charge is 0.497 e. The predicted octanol–water partition coefficient (Wildman–Crippen LogP) is 7.58. The second-order valence-corrected chi connectivity index (χ2v) is 15.1. The summed E-state index contributed by atoms with van der Waals surface area (Å²) in [5, 5.41) is 2.69. The highest BCUT2D eigenvalue weighted by Crippen LogP contribution is 2.41. The van der Waals surface area contributed by atoms with Gasteiger partial charge in [-0.1, -0.05) is 68.7 Å². The number of aromatic nitrogens is 2. The van der Waals surface area contributed by atoms with Crippen molar-refractivity contribution in [3.05, 3.63) is 83.7 Å². The molecule has 2 amide bonds. The SMILES string of the molecule is CCC1CCC(C2CC=C(c3cnc(-c4ccc(CN(CC(=O)OC(C)(C)C)C(=O)CNC(=O)Cc5ccc(OC)cc5)cc4)nc3)CC2)CC1. The molecule has 0 radical (unpaired) electrons. The van der Waals surface area contributed by atoms with Crippen LogP contribution >= 0.6 is 0 Å². The molecule has 51 heavy (non-hydrogen) atoms. The van der Waals surface area contributed by atoms with Gasteiger partial charge in [0.25, 0.3) is 0 Å². The number of nitrogens with one attached hydrogen (secondary N) is 1. The molecule has 5 rings (SSSR count). The van der Waals surface area contributed by atoms with E-state index in [1.165, 1.54) is 49.0 Å². The average Bonchev–Trinajstić information content (AvgIpc) is 3.13. The lowest BCUT2D eigenvalue weighted by Gasteiger charge is -2.35. The van der Waals surface area contributed by atoms with Crippen LogP contribution in [0.15, 0.2) is 67.0 Å². The van der Waals surface area contributed by atoms with Gasteiger partial charge in [-0.05, 0) is 99.5 Å². The Morgan fingerprint density at radius 1 is 0.863 bits per heavy atom. The molecule has 272 valence electrons. The molecule has 0 saturated heterocycles. The van der Waals surface area contributed by atoms with Crippen LogP contribution in [0.5, 0.6) is 5.75 Å². The van der Waals surface area contributed by atoms with Gasteiger partial charge in [0.15, 0.2) is 5.82 Å². The van der Waals surface area contributed by atoms with Gasteiger partial charge in [-0.25, -0.2) is 9.97 Å². The van der Waals surface area contributed by atoms with E-state index in [0.29, 0.717) is 11.6 Å². The molecular formula is C42H54N4O5. The van der Waals surface area contributed by atoms with Crippen LogP contribution in [-0.4, -0.2) is 58.5 Å². The number of rotatable bonds is 13. The van der Waals surface area contributed by atoms with E-state index < -0.39 is 11.6 Å². The number of hydrogen-bond donors (Lipinski definition) is 1. The molecule has 1 fully saturated rings. The number of ether oxygens (including phenoxy) is 2. The molecule has 9 nitrogen and oxygen atoms in total. The Morgan fingerprint density at radius 2 is 1.53 bits per heavy atom. The van der Waals surface area contributed by atoms with Gasteiger partial charge in [-0.15, -0.1) is 0 Å². The van der Waals surface area contributed by atoms with E-state index in [9.17, 15) is 14.4 Å². The Bertz CT molecular complexity index is 1640. The van der Waals surface area contributed by atoms with Gasteiger partial charge in [0.2, 0.25) is 11.8 Å². The van der Waals surface area contributed by atoms with Crippen molar-refractivity contribution in [2.45, 2.75) is 97.6 Å². The predicted molar refractivity (Wildman–Crippen MR) is 199 cm³/mol. The van der Waals surface area contributed by atoms with Gasteiger partial charge in [-0.2, -0.15) is 0 Å². The van der Waals surface area contributed by atoms with E-state index in [-0.39, 0.29) is 37.9 Å². The molecular weight excluding hydrogens is 640 g/mol. The number of esters is 1. The van der Waals surface area contributed by atoms with Crippen molar-refractivity contribution in [3.8, 4) is 17.1 Å². The molecule has 0 bridgehead atoms. The maximum Gasteiger partial charge on any atom is 0.326 e. The normalized spacial score (nSPS) is 19.1. The number of allylic oxidation sites excluding steroid dienone is 2. The van der Waals surface area contributed by atoms with Crippen molar-refractivity contribution in [3.63, 3.8) is 0 Å². The standard InChI is InChI=1S/C42H54N4O5/c1-6-29-7-13-32(14-8-29)33-17-19-34(20-18-33)36-24-44-41(45-25-36)35-15-9-31(10-16-35)27-46(28-40(49)51-42(2,3)4)39(48)26-43-38(47)23-30-11-21-37(50-5)22-12-30/h9-12,15-16,19,21-22,24-25,29,32-33H,6-8,13-14,17-18,20,23,26-28H2,1-5H3,(H,43,47). The zero-order valence-corrected chi connectivity index (χ0v) is 31.0. The first-order chi connectivity index (χ1) is 24.5. The number of amides is 2. The van der Waals surface area contributed by atoms with Crippen LogP contribution in [-0.2, 0) is 32.1 Å². The van der Waals surface area contributed by atoms with Crippen molar-refractivity contribution in [1.82, 2.24) is 20.2 Å². The van der Waals surface area contributed by atoms with Crippen LogP contribution in [0.1, 0.15) is 95.8 Å². The Balaban J connectivity index is 1.17. The first-order valence-corrected chi connectivity index (χ1v) is 18.5. The van der Waals surface area contributed by atoms with Crippen LogP contribution < -0.4 is 10.1 Å². The van der Waals surface area contributed by atoms with E-state index in [4.69, 9.17) is 19.4 Å². The lowest BCUT2D eigenvalue weighted by atomic mass is 9.71. The Hall–Kier alpha value is -4.53. The molecule has 1 heterocycles. The van der Waals surface area contributed by atoms with Gasteiger partial charge in [0.1, 0.15) is 17.9 Å². The van der Waals surface area contributed by atoms with E-state index in [2.05, 4.69) is 18.3 Å². The summed E-state index contributed by atoms with van der Waals surface area (Å²) in [4.78, 5) is 49.5. The smallest absolute Gasteiger partial charge is 0.326 e. The Morgan fingerprint density at radius 3 is 2.12 bits per heavy atom. The highest BCUT2D eigenvalue weighted by Gasteiger charge is 2.28. The van der Waals surface area contributed by atoms with Gasteiger partial charge >= 0.3 is 5.97 Å². The van der Waals surface area contributed by atoms with Crippen LogP contribution in [0.3, 0.4) is 0 Å². The number of carbonyl (C=O) groups excluding carboxylic acids is 3. The van der Waals surface area contributed by atoms with Crippen LogP contribution in [0.4, 0.5) is 0 Å². The minimum absolute atomic E-state index is 0.117. The summed E-state index contributed by atoms with van der Waals surface area (Å²) >= 11 is 0. The quantitative estimate of drug-likeness (QED) is 0.184. The summed E-state index contributed by atoms with van der Waals surface area (Å²) in [6.07, 6.45) is 16.8. The fraction of sp³-hybridized carbons (Fsp3) is 0.500. The van der Waals surface area contributed by atoms with E-state index in [1.807, 2.05) is 36.7 Å². The number of carbonyl (C=O) groups is 3. The molecule has 2 aliphatic rings. The fourth-order valence-electron chi connectivity index (χ4n) is 7.27. The van der Waals surface area contributed by atoms with E-state index in [1.54, 1.807) is 52.1 Å². The third kappa shape index (κ3) is 11.2. The summed E-state index contributed by atoms with van der Waals surface area (Å²) in [6.45, 7) is 7.36. The lowest BCUT2D eigenvalue weighted by Crippen LogP contribution is -2.43. The number of hydrogen-bond acceptors (Lipinski definition) is 7. The third-order valence-corrected chi connectivity index (χ3v) is 10.2. The third-order valence-electron chi connectivity index (χ3n) is 10.2. The first-order valence-electron chi connectivity index (χ1n) is 18.5. The first kappa shape index (κ1) is 37.7. The summed E-state index contributed by atoms with van der Waals surface area (Å²) in [7, 11) is 1.58. The lowest BCUT2D eigenvalue weighted by molar-refractivity contribution is -0.159. The summed E-state index contributed by atoms with van der Waals surface area (Å²) in [5.41, 5.74) is 4.23. The molecule has 1 unspecified atom stereocenters. The monoisotopic (exact) mass is 694 g/mol. The van der Waals surface area contributed by atoms with Gasteiger partial charge in [0, 0.05) is 30.1 Å². The maximum atomic E-state index is 13.3. The van der Waals surface area contributed by atoms with Crippen LogP contribution in [0, 0.1) is 17.8 Å². The zero-order valence-electron chi connectivity index (χ0n) is 31.0. The number of nitrogens with zero attached hydrogens (tertiary/aromatic N) is 3. The van der Waals surface area contributed by atoms with Crippen LogP contribution in [0.25, 0.3) is 17.0 Å². The molecule has 9 heteroatoms. The summed E-state index contributed by atoms with van der Waals surface area (Å²) < 4.78 is 10.7. The second-order valence-electron chi connectivity index (χ2n) is 15.1. The van der Waals surface area contributed by atoms with Gasteiger partial charge < -0.3 is 19.7 Å². The van der Waals surface area contributed by atoms with Crippen molar-refractivity contribution in [2.24, 2.45) is 17.8 Å². The van der Waals surface area contributed by atoms with Crippen molar-refractivity contribution in [2.75, 3.05) is 20.2 Å². The van der Waals surface area contributed by atoms with E-state index in [0.717, 1.165) is 52.8 Å². The minimum atomic E-state index is -0.695. The maximum absolute atomic E-state index is 13.3. The summed E-state index contributed by atoms with van der Waals surface area (Å²) in [6, 6.07) is 14.8. The number of benzene rings is 2. The molecule has 0 aliphatic heterocycles. The topological polar surface area (TPSA) is 111 Å². The van der Waals surface area contributed by atoms with Gasteiger partial charge in [-0.3, -0.25) is 14.4 Å². The van der Waals surface area contributed by atoms with E-state index >= 15 is 0 Å². The minimum Gasteiger partial charge on any atom is -0.497 e. The Labute approximate surface area is 303 Å². The highest BCUT2D eigenvalue weighted by atomic mass is 16.6. The fourth-order valence-corrected chi connectivity index (χ4v) is 7.27. The molecule has 2 aromatic carbocycles. The Kier molecular flexibility index (Phi) is 13.0. The second kappa shape index (κ2) is 17.6.